The molecule has 3 heteroatoms. The van der Waals surface area contributed by atoms with Crippen molar-refractivity contribution in [1.82, 2.24) is 5.32 Å². The molecule has 12 heavy (non-hydrogen) atoms. The van der Waals surface area contributed by atoms with Gasteiger partial charge in [-0.05, 0) is 5.56 Å². The quantitative estimate of drug-likeness (QED) is 0.675. The second kappa shape index (κ2) is 4.49. The Morgan fingerprint density at radius 1 is 1.42 bits per heavy atom. The first kappa shape index (κ1) is 8.71. The number of benzene rings is 1. The molecule has 1 unspecified atom stereocenters. The number of alkyl halides is 1. The molecule has 1 rings (SSSR count). The maximum Gasteiger partial charge on any atom is 0.207 e. The van der Waals surface area contributed by atoms with Crippen molar-refractivity contribution in [3.8, 4) is 0 Å². The van der Waals surface area contributed by atoms with Crippen LogP contribution in [0, 0.1) is 0 Å². The summed E-state index contributed by atoms with van der Waals surface area (Å²) in [6.45, 7) is 0.0352. The first-order valence-corrected chi connectivity index (χ1v) is 3.70. The highest BCUT2D eigenvalue weighted by atomic mass is 19.1. The van der Waals surface area contributed by atoms with Gasteiger partial charge in [0.15, 0.2) is 0 Å². The molecule has 1 aromatic carbocycles. The Labute approximate surface area is 70.4 Å². The SMILES string of the molecule is O=CNCC(F)c1ccccc1. The van der Waals surface area contributed by atoms with Gasteiger partial charge in [-0.15, -0.1) is 0 Å². The van der Waals surface area contributed by atoms with Crippen molar-refractivity contribution in [2.75, 3.05) is 6.54 Å². The van der Waals surface area contributed by atoms with Gasteiger partial charge in [0.25, 0.3) is 0 Å². The van der Waals surface area contributed by atoms with Gasteiger partial charge in [0.05, 0.1) is 6.54 Å². The molecule has 0 radical (unpaired) electrons. The van der Waals surface area contributed by atoms with Crippen molar-refractivity contribution in [2.45, 2.75) is 6.17 Å². The molecular formula is C9H10FNO. The number of hydrogen-bond acceptors (Lipinski definition) is 1. The first-order valence-electron chi connectivity index (χ1n) is 3.70. The van der Waals surface area contributed by atoms with Crippen LogP contribution in [0.25, 0.3) is 0 Å². The minimum Gasteiger partial charge on any atom is -0.355 e. The van der Waals surface area contributed by atoms with Crippen molar-refractivity contribution >= 4 is 6.41 Å². The van der Waals surface area contributed by atoms with E-state index < -0.39 is 6.17 Å². The molecule has 1 N–H and O–H groups in total. The van der Waals surface area contributed by atoms with Gasteiger partial charge in [0.1, 0.15) is 6.17 Å². The second-order valence-corrected chi connectivity index (χ2v) is 2.40. The van der Waals surface area contributed by atoms with Crippen LogP contribution in [-0.2, 0) is 4.79 Å². The van der Waals surface area contributed by atoms with Gasteiger partial charge in [-0.3, -0.25) is 4.79 Å². The van der Waals surface area contributed by atoms with E-state index in [1.165, 1.54) is 0 Å². The van der Waals surface area contributed by atoms with Crippen LogP contribution in [0.15, 0.2) is 30.3 Å². The lowest BCUT2D eigenvalue weighted by Crippen LogP contribution is -2.17. The number of hydrogen-bond donors (Lipinski definition) is 1. The van der Waals surface area contributed by atoms with Crippen molar-refractivity contribution in [3.63, 3.8) is 0 Å². The molecule has 0 aliphatic heterocycles. The van der Waals surface area contributed by atoms with Crippen LogP contribution >= 0.6 is 0 Å². The van der Waals surface area contributed by atoms with Crippen molar-refractivity contribution in [3.05, 3.63) is 35.9 Å². The predicted molar refractivity (Wildman–Crippen MR) is 44.4 cm³/mol. The molecule has 0 bridgehead atoms. The summed E-state index contributed by atoms with van der Waals surface area (Å²) in [7, 11) is 0. The fourth-order valence-corrected chi connectivity index (χ4v) is 0.931. The molecule has 0 heterocycles. The monoisotopic (exact) mass is 167 g/mol. The number of carbonyl (C=O) groups is 1. The molecule has 0 fully saturated rings. The Kier molecular flexibility index (Phi) is 3.26. The Hall–Kier alpha value is -1.38. The number of rotatable bonds is 4. The van der Waals surface area contributed by atoms with Gasteiger partial charge in [-0.25, -0.2) is 4.39 Å². The van der Waals surface area contributed by atoms with Gasteiger partial charge in [-0.2, -0.15) is 0 Å². The third kappa shape index (κ3) is 2.34. The molecule has 64 valence electrons. The molecule has 0 spiro atoms. The van der Waals surface area contributed by atoms with Crippen LogP contribution in [-0.4, -0.2) is 13.0 Å². The van der Waals surface area contributed by atoms with Crippen LogP contribution in [0.5, 0.6) is 0 Å². The highest BCUT2D eigenvalue weighted by Crippen LogP contribution is 2.14. The summed E-state index contributed by atoms with van der Waals surface area (Å²) in [5.74, 6) is 0. The highest BCUT2D eigenvalue weighted by molar-refractivity contribution is 5.46. The van der Waals surface area contributed by atoms with Gasteiger partial charge >= 0.3 is 0 Å². The molecule has 0 aromatic heterocycles. The van der Waals surface area contributed by atoms with Crippen molar-refractivity contribution in [2.24, 2.45) is 0 Å². The third-order valence-corrected chi connectivity index (χ3v) is 1.54. The van der Waals surface area contributed by atoms with E-state index in [9.17, 15) is 9.18 Å². The minimum absolute atomic E-state index is 0.0352. The molecule has 1 aromatic rings. The third-order valence-electron chi connectivity index (χ3n) is 1.54. The van der Waals surface area contributed by atoms with E-state index in [4.69, 9.17) is 0 Å². The number of carbonyl (C=O) groups excluding carboxylic acids is 1. The maximum absolute atomic E-state index is 13.1. The average Bonchev–Trinajstić information content (AvgIpc) is 2.15. The van der Waals surface area contributed by atoms with Crippen LogP contribution in [0.3, 0.4) is 0 Å². The Morgan fingerprint density at radius 3 is 2.67 bits per heavy atom. The first-order chi connectivity index (χ1) is 5.84. The fraction of sp³-hybridized carbons (Fsp3) is 0.222. The van der Waals surface area contributed by atoms with E-state index in [-0.39, 0.29) is 6.54 Å². The molecular weight excluding hydrogens is 157 g/mol. The summed E-state index contributed by atoms with van der Waals surface area (Å²) in [6.07, 6.45) is -0.619. The van der Waals surface area contributed by atoms with E-state index >= 15 is 0 Å². The van der Waals surface area contributed by atoms with E-state index in [0.29, 0.717) is 12.0 Å². The van der Waals surface area contributed by atoms with Gasteiger partial charge in [-0.1, -0.05) is 30.3 Å². The zero-order valence-corrected chi connectivity index (χ0v) is 6.53. The lowest BCUT2D eigenvalue weighted by molar-refractivity contribution is -0.109. The summed E-state index contributed by atoms with van der Waals surface area (Å²) in [6, 6.07) is 8.74. The van der Waals surface area contributed by atoms with Crippen molar-refractivity contribution < 1.29 is 9.18 Å². The topological polar surface area (TPSA) is 29.1 Å². The zero-order valence-electron chi connectivity index (χ0n) is 6.53. The molecule has 0 saturated heterocycles. The van der Waals surface area contributed by atoms with E-state index in [1.807, 2.05) is 6.07 Å². The average molecular weight is 167 g/mol. The highest BCUT2D eigenvalue weighted by Gasteiger charge is 2.06. The Bertz CT molecular complexity index is 238. The van der Waals surface area contributed by atoms with E-state index in [0.717, 1.165) is 0 Å². The fourth-order valence-electron chi connectivity index (χ4n) is 0.931. The molecule has 0 aliphatic rings. The molecule has 0 saturated carbocycles. The van der Waals surface area contributed by atoms with Crippen LogP contribution < -0.4 is 5.32 Å². The van der Waals surface area contributed by atoms with Crippen LogP contribution in [0.2, 0.25) is 0 Å². The molecule has 1 amide bonds. The van der Waals surface area contributed by atoms with Gasteiger partial charge in [0, 0.05) is 0 Å². The summed E-state index contributed by atoms with van der Waals surface area (Å²) in [4.78, 5) is 9.86. The van der Waals surface area contributed by atoms with Crippen LogP contribution in [0.4, 0.5) is 4.39 Å². The van der Waals surface area contributed by atoms with Gasteiger partial charge < -0.3 is 5.32 Å². The largest absolute Gasteiger partial charge is 0.355 e. The normalized spacial score (nSPS) is 12.1. The predicted octanol–water partition coefficient (Wildman–Crippen LogP) is 1.44. The smallest absolute Gasteiger partial charge is 0.207 e. The molecule has 1 atom stereocenters. The summed E-state index contributed by atoms with van der Waals surface area (Å²) < 4.78 is 13.1. The Morgan fingerprint density at radius 2 is 2.08 bits per heavy atom. The number of nitrogens with one attached hydrogen (secondary N) is 1. The maximum atomic E-state index is 13.1. The summed E-state index contributed by atoms with van der Waals surface area (Å²) in [5, 5.41) is 2.29. The molecule has 2 nitrogen and oxygen atoms in total. The standard InChI is InChI=1S/C9H10FNO/c10-9(6-11-7-12)8-4-2-1-3-5-8/h1-5,7,9H,6H2,(H,11,12). The van der Waals surface area contributed by atoms with Crippen molar-refractivity contribution in [1.29, 1.82) is 0 Å². The zero-order chi connectivity index (χ0) is 8.81. The second-order valence-electron chi connectivity index (χ2n) is 2.40. The van der Waals surface area contributed by atoms with E-state index in [2.05, 4.69) is 5.32 Å². The van der Waals surface area contributed by atoms with E-state index in [1.54, 1.807) is 24.3 Å². The summed E-state index contributed by atoms with van der Waals surface area (Å²) >= 11 is 0. The minimum atomic E-state index is -1.11. The Balaban J connectivity index is 2.53. The number of halogens is 1. The summed E-state index contributed by atoms with van der Waals surface area (Å²) in [5.41, 5.74) is 0.590. The van der Waals surface area contributed by atoms with Gasteiger partial charge in [0.2, 0.25) is 6.41 Å². The lowest BCUT2D eigenvalue weighted by Gasteiger charge is -2.06. The van der Waals surface area contributed by atoms with Crippen LogP contribution in [0.1, 0.15) is 11.7 Å². The lowest BCUT2D eigenvalue weighted by atomic mass is 10.1. The molecule has 0 aliphatic carbocycles. The number of amides is 1.